The molecule has 0 aromatic carbocycles. The standard InChI is InChI=1S/C20H28N2O3/c1-5-14-6-7-18(14)15-10-17(12-21-11-15)24-13-16-8-9-22(16)19(23)25-20(2,3)4/h5,10-12,14,16,18H,1,6-9,13H2,2-4H3. The maximum absolute atomic E-state index is 12.1. The molecule has 3 unspecified atom stereocenters. The van der Waals surface area contributed by atoms with Crippen molar-refractivity contribution >= 4 is 6.09 Å². The zero-order chi connectivity index (χ0) is 18.0. The number of ether oxygens (including phenoxy) is 2. The first-order valence-electron chi connectivity index (χ1n) is 9.07. The number of hydrogen-bond donors (Lipinski definition) is 0. The minimum absolute atomic E-state index is 0.0723. The van der Waals surface area contributed by atoms with E-state index in [0.29, 0.717) is 18.4 Å². The molecule has 1 amide bonds. The van der Waals surface area contributed by atoms with E-state index < -0.39 is 5.60 Å². The molecule has 1 aromatic heterocycles. The van der Waals surface area contributed by atoms with Crippen molar-refractivity contribution in [2.24, 2.45) is 5.92 Å². The molecule has 2 fully saturated rings. The fraction of sp³-hybridized carbons (Fsp3) is 0.600. The number of aromatic nitrogens is 1. The summed E-state index contributed by atoms with van der Waals surface area (Å²) in [6.07, 6.45) is 8.75. The van der Waals surface area contributed by atoms with Gasteiger partial charge in [-0.2, -0.15) is 0 Å². The van der Waals surface area contributed by atoms with Crippen molar-refractivity contribution in [3.63, 3.8) is 0 Å². The SMILES string of the molecule is C=CC1CCC1c1cncc(OCC2CCN2C(=O)OC(C)(C)C)c1. The van der Waals surface area contributed by atoms with Gasteiger partial charge < -0.3 is 14.4 Å². The van der Waals surface area contributed by atoms with Crippen LogP contribution >= 0.6 is 0 Å². The highest BCUT2D eigenvalue weighted by atomic mass is 16.6. The fourth-order valence-electron chi connectivity index (χ4n) is 3.31. The van der Waals surface area contributed by atoms with E-state index in [9.17, 15) is 4.79 Å². The third kappa shape index (κ3) is 4.14. The van der Waals surface area contributed by atoms with E-state index in [1.54, 1.807) is 11.1 Å². The first-order valence-corrected chi connectivity index (χ1v) is 9.07. The van der Waals surface area contributed by atoms with E-state index in [-0.39, 0.29) is 12.1 Å². The number of hydrogen-bond acceptors (Lipinski definition) is 4. The Balaban J connectivity index is 1.54. The van der Waals surface area contributed by atoms with Gasteiger partial charge in [0.05, 0.1) is 12.2 Å². The number of amides is 1. The molecule has 3 atom stereocenters. The van der Waals surface area contributed by atoms with Gasteiger partial charge in [0.1, 0.15) is 18.0 Å². The molecule has 0 spiro atoms. The molecule has 1 aromatic rings. The number of nitrogens with zero attached hydrogens (tertiary/aromatic N) is 2. The van der Waals surface area contributed by atoms with Gasteiger partial charge in [0, 0.05) is 12.7 Å². The summed E-state index contributed by atoms with van der Waals surface area (Å²) in [5, 5.41) is 0. The van der Waals surface area contributed by atoms with E-state index in [0.717, 1.165) is 18.7 Å². The smallest absolute Gasteiger partial charge is 0.410 e. The third-order valence-electron chi connectivity index (χ3n) is 5.01. The Kier molecular flexibility index (Phi) is 5.02. The molecule has 0 bridgehead atoms. The van der Waals surface area contributed by atoms with Crippen LogP contribution in [0.3, 0.4) is 0 Å². The quantitative estimate of drug-likeness (QED) is 0.753. The van der Waals surface area contributed by atoms with Crippen LogP contribution in [-0.4, -0.2) is 40.8 Å². The van der Waals surface area contributed by atoms with Gasteiger partial charge in [-0.05, 0) is 63.5 Å². The van der Waals surface area contributed by atoms with Gasteiger partial charge in [-0.3, -0.25) is 4.98 Å². The lowest BCUT2D eigenvalue weighted by molar-refractivity contribution is -0.0141. The van der Waals surface area contributed by atoms with Gasteiger partial charge in [-0.25, -0.2) is 4.79 Å². The number of pyridine rings is 1. The average molecular weight is 344 g/mol. The number of likely N-dealkylation sites (tertiary alicyclic amines) is 1. The van der Waals surface area contributed by atoms with Crippen LogP contribution in [0.1, 0.15) is 51.5 Å². The van der Waals surface area contributed by atoms with E-state index in [2.05, 4.69) is 17.6 Å². The van der Waals surface area contributed by atoms with E-state index >= 15 is 0 Å². The van der Waals surface area contributed by atoms with E-state index in [1.807, 2.05) is 33.0 Å². The van der Waals surface area contributed by atoms with Crippen LogP contribution in [0.5, 0.6) is 5.75 Å². The summed E-state index contributed by atoms with van der Waals surface area (Å²) in [6, 6.07) is 2.15. The van der Waals surface area contributed by atoms with Crippen LogP contribution < -0.4 is 4.74 Å². The molecule has 1 aliphatic carbocycles. The highest BCUT2D eigenvalue weighted by molar-refractivity contribution is 5.69. The van der Waals surface area contributed by atoms with Crippen LogP contribution in [-0.2, 0) is 4.74 Å². The summed E-state index contributed by atoms with van der Waals surface area (Å²) in [6.45, 7) is 10.7. The number of allylic oxidation sites excluding steroid dienone is 1. The summed E-state index contributed by atoms with van der Waals surface area (Å²) in [5.41, 5.74) is 0.743. The van der Waals surface area contributed by atoms with Crippen LogP contribution in [0.15, 0.2) is 31.1 Å². The molecule has 2 heterocycles. The Bertz CT molecular complexity index is 638. The van der Waals surface area contributed by atoms with Crippen molar-refractivity contribution < 1.29 is 14.3 Å². The molecule has 1 saturated carbocycles. The predicted molar refractivity (Wildman–Crippen MR) is 96.7 cm³/mol. The van der Waals surface area contributed by atoms with Crippen molar-refractivity contribution in [3.8, 4) is 5.75 Å². The van der Waals surface area contributed by atoms with Crippen LogP contribution in [0.2, 0.25) is 0 Å². The van der Waals surface area contributed by atoms with Crippen molar-refractivity contribution in [3.05, 3.63) is 36.7 Å². The Hall–Kier alpha value is -2.04. The maximum atomic E-state index is 12.1. The number of carbonyl (C=O) groups is 1. The molecule has 1 saturated heterocycles. The molecule has 25 heavy (non-hydrogen) atoms. The second-order valence-corrected chi connectivity index (χ2v) is 7.96. The molecular formula is C20H28N2O3. The first-order chi connectivity index (χ1) is 11.9. The van der Waals surface area contributed by atoms with Gasteiger partial charge in [0.25, 0.3) is 0 Å². The second-order valence-electron chi connectivity index (χ2n) is 7.96. The van der Waals surface area contributed by atoms with Crippen molar-refractivity contribution in [2.75, 3.05) is 13.2 Å². The first kappa shape index (κ1) is 17.8. The maximum Gasteiger partial charge on any atom is 0.410 e. The number of carbonyl (C=O) groups excluding carboxylic acids is 1. The van der Waals surface area contributed by atoms with E-state index in [4.69, 9.17) is 9.47 Å². The van der Waals surface area contributed by atoms with Crippen molar-refractivity contribution in [1.29, 1.82) is 0 Å². The van der Waals surface area contributed by atoms with Gasteiger partial charge >= 0.3 is 6.09 Å². The van der Waals surface area contributed by atoms with Crippen LogP contribution in [0.4, 0.5) is 4.79 Å². The van der Waals surface area contributed by atoms with Crippen LogP contribution in [0, 0.1) is 5.92 Å². The lowest BCUT2D eigenvalue weighted by Gasteiger charge is -2.41. The monoisotopic (exact) mass is 344 g/mol. The average Bonchev–Trinajstić information content (AvgIpc) is 2.44. The summed E-state index contributed by atoms with van der Waals surface area (Å²) in [7, 11) is 0. The molecule has 1 aliphatic heterocycles. The summed E-state index contributed by atoms with van der Waals surface area (Å²) >= 11 is 0. The predicted octanol–water partition coefficient (Wildman–Crippen LogP) is 4.15. The van der Waals surface area contributed by atoms with Gasteiger partial charge in [0.2, 0.25) is 0 Å². The highest BCUT2D eigenvalue weighted by Crippen LogP contribution is 2.43. The van der Waals surface area contributed by atoms with Gasteiger partial charge in [0.15, 0.2) is 0 Å². The lowest BCUT2D eigenvalue weighted by atomic mass is 9.70. The molecular weight excluding hydrogens is 316 g/mol. The second kappa shape index (κ2) is 7.06. The lowest BCUT2D eigenvalue weighted by Crippen LogP contribution is -2.55. The normalized spacial score (nSPS) is 25.6. The van der Waals surface area contributed by atoms with Crippen molar-refractivity contribution in [2.45, 2.75) is 57.6 Å². The molecule has 136 valence electrons. The minimum Gasteiger partial charge on any atom is -0.490 e. The van der Waals surface area contributed by atoms with Gasteiger partial charge in [-0.15, -0.1) is 6.58 Å². The summed E-state index contributed by atoms with van der Waals surface area (Å²) in [4.78, 5) is 18.2. The van der Waals surface area contributed by atoms with Gasteiger partial charge in [-0.1, -0.05) is 6.08 Å². The van der Waals surface area contributed by atoms with E-state index in [1.165, 1.54) is 18.4 Å². The molecule has 0 N–H and O–H groups in total. The Morgan fingerprint density at radius 2 is 2.16 bits per heavy atom. The topological polar surface area (TPSA) is 51.7 Å². The third-order valence-corrected chi connectivity index (χ3v) is 5.01. The molecule has 5 nitrogen and oxygen atoms in total. The molecule has 5 heteroatoms. The Morgan fingerprint density at radius 3 is 2.72 bits per heavy atom. The molecule has 3 rings (SSSR count). The zero-order valence-corrected chi connectivity index (χ0v) is 15.4. The van der Waals surface area contributed by atoms with Crippen LogP contribution in [0.25, 0.3) is 0 Å². The molecule has 0 radical (unpaired) electrons. The highest BCUT2D eigenvalue weighted by Gasteiger charge is 2.36. The Morgan fingerprint density at radius 1 is 1.36 bits per heavy atom. The fourth-order valence-corrected chi connectivity index (χ4v) is 3.31. The molecule has 2 aliphatic rings. The summed E-state index contributed by atoms with van der Waals surface area (Å²) < 4.78 is 11.3. The zero-order valence-electron chi connectivity index (χ0n) is 15.4. The minimum atomic E-state index is -0.471. The largest absolute Gasteiger partial charge is 0.490 e. The Labute approximate surface area is 150 Å². The number of rotatable bonds is 5. The van der Waals surface area contributed by atoms with Crippen molar-refractivity contribution in [1.82, 2.24) is 9.88 Å². The summed E-state index contributed by atoms with van der Waals surface area (Å²) in [5.74, 6) is 1.82.